The Hall–Kier alpha value is -2.43. The molecule has 0 fully saturated rings. The van der Waals surface area contributed by atoms with Crippen molar-refractivity contribution in [3.8, 4) is 0 Å². The molecule has 0 saturated heterocycles. The molecule has 0 aromatic heterocycles. The van der Waals surface area contributed by atoms with Gasteiger partial charge in [-0.25, -0.2) is 13.1 Å². The van der Waals surface area contributed by atoms with Crippen molar-refractivity contribution in [1.82, 2.24) is 4.72 Å². The van der Waals surface area contributed by atoms with Gasteiger partial charge >= 0.3 is 0 Å². The van der Waals surface area contributed by atoms with Crippen LogP contribution < -0.4 is 4.72 Å². The Morgan fingerprint density at radius 3 is 1.93 bits per heavy atom. The molecule has 0 bridgehead atoms. The summed E-state index contributed by atoms with van der Waals surface area (Å²) < 4.78 is 29.5. The number of rotatable bonds is 7. The summed E-state index contributed by atoms with van der Waals surface area (Å²) in [4.78, 5) is 0.388. The van der Waals surface area contributed by atoms with E-state index in [0.29, 0.717) is 11.3 Å². The fourth-order valence-electron chi connectivity index (χ4n) is 3.77. The number of nitrogens with one attached hydrogen (secondary N) is 1. The Morgan fingerprint density at radius 2 is 1.36 bits per heavy atom. The minimum atomic E-state index is -3.64. The second-order valence-corrected chi connectivity index (χ2v) is 8.99. The van der Waals surface area contributed by atoms with Gasteiger partial charge in [0.1, 0.15) is 0 Å². The normalized spacial score (nSPS) is 12.7. The van der Waals surface area contributed by atoms with Crippen LogP contribution in [0.5, 0.6) is 0 Å². The topological polar surface area (TPSA) is 46.2 Å². The Morgan fingerprint density at radius 1 is 0.821 bits per heavy atom. The number of sulfonamides is 1. The SMILES string of the molecule is Cc1cc(C)c(S(=O)(=O)NC(CCc2ccccc2)c2ccccc2)c(C)c1. The van der Waals surface area contributed by atoms with Crippen LogP contribution in [0.1, 0.15) is 40.3 Å². The lowest BCUT2D eigenvalue weighted by Crippen LogP contribution is -2.30. The summed E-state index contributed by atoms with van der Waals surface area (Å²) in [5.74, 6) is 0. The molecule has 1 unspecified atom stereocenters. The maximum Gasteiger partial charge on any atom is 0.241 e. The molecule has 0 spiro atoms. The second-order valence-electron chi connectivity index (χ2n) is 7.34. The zero-order valence-electron chi connectivity index (χ0n) is 16.6. The summed E-state index contributed by atoms with van der Waals surface area (Å²) in [6.45, 7) is 5.70. The van der Waals surface area contributed by atoms with Gasteiger partial charge in [0.15, 0.2) is 0 Å². The Labute approximate surface area is 168 Å². The van der Waals surface area contributed by atoms with E-state index in [1.54, 1.807) is 0 Å². The first-order chi connectivity index (χ1) is 13.4. The largest absolute Gasteiger partial charge is 0.241 e. The van der Waals surface area contributed by atoms with Crippen LogP contribution in [0.3, 0.4) is 0 Å². The third kappa shape index (κ3) is 4.89. The lowest BCUT2D eigenvalue weighted by atomic mass is 10.00. The first-order valence-corrected chi connectivity index (χ1v) is 11.0. The summed E-state index contributed by atoms with van der Waals surface area (Å²) in [6.07, 6.45) is 1.49. The van der Waals surface area contributed by atoms with E-state index in [2.05, 4.69) is 16.9 Å². The molecule has 3 rings (SSSR count). The predicted molar refractivity (Wildman–Crippen MR) is 115 cm³/mol. The highest BCUT2D eigenvalue weighted by molar-refractivity contribution is 7.89. The maximum atomic E-state index is 13.3. The predicted octanol–water partition coefficient (Wildman–Crippen LogP) is 5.26. The smallest absolute Gasteiger partial charge is 0.207 e. The van der Waals surface area contributed by atoms with E-state index in [4.69, 9.17) is 0 Å². The summed E-state index contributed by atoms with van der Waals surface area (Å²) in [6, 6.07) is 23.5. The fraction of sp³-hybridized carbons (Fsp3) is 0.250. The van der Waals surface area contributed by atoms with Crippen LogP contribution in [-0.2, 0) is 16.4 Å². The Kier molecular flexibility index (Phi) is 6.32. The van der Waals surface area contributed by atoms with Crippen molar-refractivity contribution < 1.29 is 8.42 Å². The van der Waals surface area contributed by atoms with Crippen molar-refractivity contribution in [1.29, 1.82) is 0 Å². The van der Waals surface area contributed by atoms with Crippen LogP contribution in [0.4, 0.5) is 0 Å². The molecule has 1 N–H and O–H groups in total. The highest BCUT2D eigenvalue weighted by atomic mass is 32.2. The van der Waals surface area contributed by atoms with Crippen molar-refractivity contribution in [3.63, 3.8) is 0 Å². The maximum absolute atomic E-state index is 13.3. The highest BCUT2D eigenvalue weighted by Crippen LogP contribution is 2.26. The van der Waals surface area contributed by atoms with E-state index < -0.39 is 10.0 Å². The van der Waals surface area contributed by atoms with Crippen molar-refractivity contribution in [3.05, 3.63) is 101 Å². The van der Waals surface area contributed by atoms with Crippen LogP contribution >= 0.6 is 0 Å². The summed E-state index contributed by atoms with van der Waals surface area (Å²) in [7, 11) is -3.64. The summed E-state index contributed by atoms with van der Waals surface area (Å²) >= 11 is 0. The first-order valence-electron chi connectivity index (χ1n) is 9.56. The zero-order valence-corrected chi connectivity index (χ0v) is 17.5. The lowest BCUT2D eigenvalue weighted by molar-refractivity contribution is 0.538. The van der Waals surface area contributed by atoms with Gasteiger partial charge in [0.2, 0.25) is 10.0 Å². The van der Waals surface area contributed by atoms with Gasteiger partial charge in [-0.2, -0.15) is 0 Å². The molecule has 3 aromatic rings. The molecule has 4 heteroatoms. The number of aryl methyl sites for hydroxylation is 4. The molecular formula is C24H27NO2S. The van der Waals surface area contributed by atoms with E-state index in [1.165, 1.54) is 5.56 Å². The minimum absolute atomic E-state index is 0.286. The van der Waals surface area contributed by atoms with Crippen molar-refractivity contribution in [2.45, 2.75) is 44.6 Å². The first kappa shape index (κ1) is 20.3. The molecule has 0 radical (unpaired) electrons. The average Bonchev–Trinajstić information content (AvgIpc) is 2.65. The quantitative estimate of drug-likeness (QED) is 0.595. The molecule has 0 saturated carbocycles. The van der Waals surface area contributed by atoms with Crippen molar-refractivity contribution in [2.24, 2.45) is 0 Å². The molecule has 0 aliphatic carbocycles. The molecule has 0 amide bonds. The monoisotopic (exact) mass is 393 g/mol. The molecule has 3 nitrogen and oxygen atoms in total. The number of benzene rings is 3. The van der Waals surface area contributed by atoms with Gasteiger partial charge in [-0.05, 0) is 55.9 Å². The molecule has 1 atom stereocenters. The molecule has 0 aliphatic rings. The molecule has 0 aliphatic heterocycles. The molecular weight excluding hydrogens is 366 g/mol. The van der Waals surface area contributed by atoms with Gasteiger partial charge in [0.25, 0.3) is 0 Å². The van der Waals surface area contributed by atoms with Gasteiger partial charge in [-0.3, -0.25) is 0 Å². The Balaban J connectivity index is 1.90. The molecule has 3 aromatic carbocycles. The molecule has 28 heavy (non-hydrogen) atoms. The van der Waals surface area contributed by atoms with Crippen LogP contribution in [-0.4, -0.2) is 8.42 Å². The molecule has 0 heterocycles. The Bertz CT molecular complexity index is 1010. The lowest BCUT2D eigenvalue weighted by Gasteiger charge is -2.21. The third-order valence-corrected chi connectivity index (χ3v) is 6.71. The number of hydrogen-bond acceptors (Lipinski definition) is 2. The average molecular weight is 394 g/mol. The van der Waals surface area contributed by atoms with Crippen LogP contribution in [0.15, 0.2) is 77.7 Å². The second kappa shape index (κ2) is 8.72. The van der Waals surface area contributed by atoms with E-state index in [9.17, 15) is 8.42 Å². The standard InChI is InChI=1S/C24H27NO2S/c1-18-16-19(2)24(20(3)17-18)28(26,27)25-23(22-12-8-5-9-13-22)15-14-21-10-6-4-7-11-21/h4-13,16-17,23,25H,14-15H2,1-3H3. The fourth-order valence-corrected chi connectivity index (χ4v) is 5.48. The van der Waals surface area contributed by atoms with Crippen molar-refractivity contribution in [2.75, 3.05) is 0 Å². The summed E-state index contributed by atoms with van der Waals surface area (Å²) in [5.41, 5.74) is 4.80. The summed E-state index contributed by atoms with van der Waals surface area (Å²) in [5, 5.41) is 0. The number of hydrogen-bond donors (Lipinski definition) is 1. The third-order valence-electron chi connectivity index (χ3n) is 4.94. The van der Waals surface area contributed by atoms with Gasteiger partial charge in [-0.1, -0.05) is 78.4 Å². The van der Waals surface area contributed by atoms with E-state index in [-0.39, 0.29) is 6.04 Å². The van der Waals surface area contributed by atoms with Crippen LogP contribution in [0, 0.1) is 20.8 Å². The van der Waals surface area contributed by atoms with Gasteiger partial charge in [0.05, 0.1) is 4.90 Å². The van der Waals surface area contributed by atoms with E-state index in [0.717, 1.165) is 28.7 Å². The van der Waals surface area contributed by atoms with Crippen LogP contribution in [0.2, 0.25) is 0 Å². The van der Waals surface area contributed by atoms with Crippen LogP contribution in [0.25, 0.3) is 0 Å². The highest BCUT2D eigenvalue weighted by Gasteiger charge is 2.24. The molecule has 146 valence electrons. The van der Waals surface area contributed by atoms with Gasteiger partial charge in [0, 0.05) is 6.04 Å². The van der Waals surface area contributed by atoms with Gasteiger partial charge < -0.3 is 0 Å². The zero-order chi connectivity index (χ0) is 20.1. The minimum Gasteiger partial charge on any atom is -0.207 e. The van der Waals surface area contributed by atoms with E-state index >= 15 is 0 Å². The van der Waals surface area contributed by atoms with Crippen molar-refractivity contribution >= 4 is 10.0 Å². The van der Waals surface area contributed by atoms with Gasteiger partial charge in [-0.15, -0.1) is 0 Å². The van der Waals surface area contributed by atoms with E-state index in [1.807, 2.05) is 81.4 Å².